The van der Waals surface area contributed by atoms with Gasteiger partial charge in [0.05, 0.1) is 0 Å². The van der Waals surface area contributed by atoms with E-state index in [0.29, 0.717) is 5.92 Å². The predicted molar refractivity (Wildman–Crippen MR) is 43.7 cm³/mol. The van der Waals surface area contributed by atoms with Crippen LogP contribution in [0, 0.1) is 17.8 Å². The molecule has 0 atom stereocenters. The third-order valence-electron chi connectivity index (χ3n) is 2.07. The van der Waals surface area contributed by atoms with E-state index in [-0.39, 0.29) is 0 Å². The molecule has 1 fully saturated rings. The van der Waals surface area contributed by atoms with Gasteiger partial charge in [0.25, 0.3) is 0 Å². The standard InChI is InChI=1S/C9H15N/c1-3-4-9-5-7-10(2)8-6-9/h9H,5-8H2,1-2H3. The lowest BCUT2D eigenvalue weighted by molar-refractivity contribution is 0.248. The maximum atomic E-state index is 3.23. The Hall–Kier alpha value is -0.480. The molecule has 0 aromatic rings. The Bertz CT molecular complexity index is 144. The number of hydrogen-bond donors (Lipinski definition) is 0. The second-order valence-electron chi connectivity index (χ2n) is 2.97. The fraction of sp³-hybridized carbons (Fsp3) is 0.778. The molecule has 1 heterocycles. The Morgan fingerprint density at radius 3 is 2.40 bits per heavy atom. The van der Waals surface area contributed by atoms with Crippen molar-refractivity contribution in [1.29, 1.82) is 0 Å². The molecule has 1 saturated heterocycles. The SMILES string of the molecule is CC#CC1CCN(C)CC1. The Kier molecular flexibility index (Phi) is 2.77. The fourth-order valence-electron chi connectivity index (χ4n) is 1.36. The smallest absolute Gasteiger partial charge is 0.0227 e. The number of rotatable bonds is 0. The van der Waals surface area contributed by atoms with Crippen LogP contribution in [-0.4, -0.2) is 25.0 Å². The third kappa shape index (κ3) is 2.04. The first-order valence-corrected chi connectivity index (χ1v) is 3.93. The molecule has 1 aliphatic rings. The molecule has 0 N–H and O–H groups in total. The molecule has 1 nitrogen and oxygen atoms in total. The minimum Gasteiger partial charge on any atom is -0.306 e. The minimum atomic E-state index is 0.682. The van der Waals surface area contributed by atoms with E-state index in [1.807, 2.05) is 6.92 Å². The Morgan fingerprint density at radius 1 is 1.30 bits per heavy atom. The first kappa shape index (κ1) is 7.63. The summed E-state index contributed by atoms with van der Waals surface area (Å²) in [6.07, 6.45) is 2.52. The Balaban J connectivity index is 2.30. The van der Waals surface area contributed by atoms with Crippen molar-refractivity contribution in [2.45, 2.75) is 19.8 Å². The number of nitrogens with zero attached hydrogens (tertiary/aromatic N) is 1. The van der Waals surface area contributed by atoms with E-state index in [9.17, 15) is 0 Å². The summed E-state index contributed by atoms with van der Waals surface area (Å²) in [5.74, 6) is 6.89. The largest absolute Gasteiger partial charge is 0.306 e. The molecule has 0 spiro atoms. The highest BCUT2D eigenvalue weighted by atomic mass is 15.1. The van der Waals surface area contributed by atoms with E-state index in [1.54, 1.807) is 0 Å². The number of hydrogen-bond acceptors (Lipinski definition) is 1. The van der Waals surface area contributed by atoms with Crippen molar-refractivity contribution in [2.24, 2.45) is 5.92 Å². The van der Waals surface area contributed by atoms with Gasteiger partial charge in [-0.25, -0.2) is 0 Å². The molecule has 0 saturated carbocycles. The summed E-state index contributed by atoms with van der Waals surface area (Å²) in [6, 6.07) is 0. The molecule has 0 amide bonds. The van der Waals surface area contributed by atoms with Crippen molar-refractivity contribution >= 4 is 0 Å². The molecule has 1 rings (SSSR count). The van der Waals surface area contributed by atoms with Crippen molar-refractivity contribution in [3.05, 3.63) is 0 Å². The summed E-state index contributed by atoms with van der Waals surface area (Å²) in [7, 11) is 2.18. The normalized spacial score (nSPS) is 21.8. The quantitative estimate of drug-likeness (QED) is 0.455. The average Bonchev–Trinajstić information content (AvgIpc) is 1.95. The van der Waals surface area contributed by atoms with Crippen molar-refractivity contribution in [1.82, 2.24) is 4.90 Å². The number of piperidine rings is 1. The van der Waals surface area contributed by atoms with E-state index in [0.717, 1.165) is 0 Å². The van der Waals surface area contributed by atoms with Gasteiger partial charge in [-0.1, -0.05) is 0 Å². The topological polar surface area (TPSA) is 3.24 Å². The maximum absolute atomic E-state index is 3.23. The fourth-order valence-corrected chi connectivity index (χ4v) is 1.36. The summed E-state index contributed by atoms with van der Waals surface area (Å²) in [6.45, 7) is 4.37. The molecule has 0 radical (unpaired) electrons. The zero-order chi connectivity index (χ0) is 7.40. The summed E-state index contributed by atoms with van der Waals surface area (Å²) in [5.41, 5.74) is 0. The lowest BCUT2D eigenvalue weighted by Gasteiger charge is -2.25. The van der Waals surface area contributed by atoms with Gasteiger partial charge in [-0.2, -0.15) is 0 Å². The van der Waals surface area contributed by atoms with Gasteiger partial charge in [0.2, 0.25) is 0 Å². The van der Waals surface area contributed by atoms with Crippen LogP contribution in [0.15, 0.2) is 0 Å². The molecular weight excluding hydrogens is 122 g/mol. The zero-order valence-corrected chi connectivity index (χ0v) is 6.85. The van der Waals surface area contributed by atoms with E-state index in [2.05, 4.69) is 23.8 Å². The molecule has 0 bridgehead atoms. The van der Waals surface area contributed by atoms with Crippen molar-refractivity contribution in [3.8, 4) is 11.8 Å². The molecule has 0 aliphatic carbocycles. The summed E-state index contributed by atoms with van der Waals surface area (Å²) >= 11 is 0. The van der Waals surface area contributed by atoms with E-state index >= 15 is 0 Å². The molecule has 10 heavy (non-hydrogen) atoms. The summed E-state index contributed by atoms with van der Waals surface area (Å²) in [4.78, 5) is 2.37. The van der Waals surface area contributed by atoms with Crippen LogP contribution in [0.2, 0.25) is 0 Å². The minimum absolute atomic E-state index is 0.682. The zero-order valence-electron chi connectivity index (χ0n) is 6.85. The van der Waals surface area contributed by atoms with Crippen molar-refractivity contribution in [2.75, 3.05) is 20.1 Å². The van der Waals surface area contributed by atoms with Gasteiger partial charge in [-0.05, 0) is 39.9 Å². The second kappa shape index (κ2) is 3.63. The van der Waals surface area contributed by atoms with Crippen molar-refractivity contribution < 1.29 is 0 Å². The van der Waals surface area contributed by atoms with Crippen LogP contribution in [0.4, 0.5) is 0 Å². The van der Waals surface area contributed by atoms with Crippen LogP contribution in [0.5, 0.6) is 0 Å². The molecule has 1 heteroatoms. The number of likely N-dealkylation sites (tertiary alicyclic amines) is 1. The first-order valence-electron chi connectivity index (χ1n) is 3.93. The highest BCUT2D eigenvalue weighted by Gasteiger charge is 2.13. The average molecular weight is 137 g/mol. The molecule has 0 aromatic heterocycles. The van der Waals surface area contributed by atoms with Gasteiger partial charge in [-0.3, -0.25) is 0 Å². The van der Waals surface area contributed by atoms with E-state index in [1.165, 1.54) is 25.9 Å². The van der Waals surface area contributed by atoms with Gasteiger partial charge in [-0.15, -0.1) is 11.8 Å². The van der Waals surface area contributed by atoms with Gasteiger partial charge >= 0.3 is 0 Å². The van der Waals surface area contributed by atoms with Crippen LogP contribution < -0.4 is 0 Å². The van der Waals surface area contributed by atoms with Crippen LogP contribution in [-0.2, 0) is 0 Å². The van der Waals surface area contributed by atoms with Crippen LogP contribution >= 0.6 is 0 Å². The molecule has 0 aromatic carbocycles. The molecular formula is C9H15N. The van der Waals surface area contributed by atoms with Crippen LogP contribution in [0.1, 0.15) is 19.8 Å². The Morgan fingerprint density at radius 2 is 1.90 bits per heavy atom. The van der Waals surface area contributed by atoms with Crippen LogP contribution in [0.3, 0.4) is 0 Å². The van der Waals surface area contributed by atoms with Gasteiger partial charge in [0.15, 0.2) is 0 Å². The summed E-state index contributed by atoms with van der Waals surface area (Å²) in [5, 5.41) is 0. The van der Waals surface area contributed by atoms with Gasteiger partial charge < -0.3 is 4.90 Å². The van der Waals surface area contributed by atoms with Crippen molar-refractivity contribution in [3.63, 3.8) is 0 Å². The molecule has 1 aliphatic heterocycles. The van der Waals surface area contributed by atoms with Crippen LogP contribution in [0.25, 0.3) is 0 Å². The van der Waals surface area contributed by atoms with E-state index in [4.69, 9.17) is 0 Å². The van der Waals surface area contributed by atoms with E-state index < -0.39 is 0 Å². The highest BCUT2D eigenvalue weighted by Crippen LogP contribution is 2.14. The molecule has 0 unspecified atom stereocenters. The third-order valence-corrected chi connectivity index (χ3v) is 2.07. The Labute approximate surface area is 63.4 Å². The molecule has 56 valence electrons. The summed E-state index contributed by atoms with van der Waals surface area (Å²) < 4.78 is 0. The lowest BCUT2D eigenvalue weighted by atomic mass is 9.98. The highest BCUT2D eigenvalue weighted by molar-refractivity contribution is 5.02. The lowest BCUT2D eigenvalue weighted by Crippen LogP contribution is -2.29. The van der Waals surface area contributed by atoms with Gasteiger partial charge in [0.1, 0.15) is 0 Å². The van der Waals surface area contributed by atoms with Gasteiger partial charge in [0, 0.05) is 5.92 Å². The first-order chi connectivity index (χ1) is 4.83. The second-order valence-corrected chi connectivity index (χ2v) is 2.97. The maximum Gasteiger partial charge on any atom is 0.0227 e. The predicted octanol–water partition coefficient (Wildman–Crippen LogP) is 1.35. The monoisotopic (exact) mass is 137 g/mol.